The van der Waals surface area contributed by atoms with E-state index in [1.54, 1.807) is 12.3 Å². The zero-order chi connectivity index (χ0) is 11.3. The van der Waals surface area contributed by atoms with Crippen LogP contribution in [-0.4, -0.2) is 35.8 Å². The van der Waals surface area contributed by atoms with Crippen LogP contribution in [0.2, 0.25) is 0 Å². The summed E-state index contributed by atoms with van der Waals surface area (Å²) >= 11 is 0. The highest BCUT2D eigenvalue weighted by Gasteiger charge is 2.08. The van der Waals surface area contributed by atoms with Gasteiger partial charge in [-0.15, -0.1) is 0 Å². The van der Waals surface area contributed by atoms with Gasteiger partial charge in [0, 0.05) is 18.8 Å². The maximum absolute atomic E-state index is 11.1. The van der Waals surface area contributed by atoms with E-state index in [-0.39, 0.29) is 18.6 Å². The maximum Gasteiger partial charge on any atom is 0.354 e. The largest absolute Gasteiger partial charge is 0.464 e. The lowest BCUT2D eigenvalue weighted by Gasteiger charge is -2.08. The topological polar surface area (TPSA) is 74.3 Å². The summed E-state index contributed by atoms with van der Waals surface area (Å²) in [5, 5.41) is 11.9. The van der Waals surface area contributed by atoms with Crippen molar-refractivity contribution in [3.05, 3.63) is 23.5 Å². The Morgan fingerprint density at radius 2 is 2.47 bits per heavy atom. The summed E-state index contributed by atoms with van der Waals surface area (Å²) in [6.45, 7) is 2.58. The number of aromatic nitrogens is 1. The van der Waals surface area contributed by atoms with Crippen molar-refractivity contribution in [1.29, 1.82) is 0 Å². The molecular formula is C10H16N2O3. The Morgan fingerprint density at radius 3 is 3.07 bits per heavy atom. The van der Waals surface area contributed by atoms with Crippen LogP contribution in [0.1, 0.15) is 23.0 Å². The number of carbonyl (C=O) groups excluding carboxylic acids is 1. The smallest absolute Gasteiger partial charge is 0.354 e. The molecule has 0 saturated heterocycles. The van der Waals surface area contributed by atoms with Gasteiger partial charge in [0.1, 0.15) is 5.69 Å². The Balaban J connectivity index is 2.49. The molecule has 0 aliphatic carbocycles. The van der Waals surface area contributed by atoms with Gasteiger partial charge in [-0.2, -0.15) is 0 Å². The van der Waals surface area contributed by atoms with Crippen LogP contribution in [0.5, 0.6) is 0 Å². The second-order valence-corrected chi connectivity index (χ2v) is 3.38. The zero-order valence-corrected chi connectivity index (χ0v) is 8.91. The minimum Gasteiger partial charge on any atom is -0.464 e. The summed E-state index contributed by atoms with van der Waals surface area (Å²) in [4.78, 5) is 13.9. The van der Waals surface area contributed by atoms with E-state index in [1.807, 2.05) is 6.92 Å². The maximum atomic E-state index is 11.1. The van der Waals surface area contributed by atoms with Crippen LogP contribution in [0, 0.1) is 0 Å². The van der Waals surface area contributed by atoms with Gasteiger partial charge in [0.15, 0.2) is 0 Å². The Labute approximate surface area is 88.4 Å². The zero-order valence-electron chi connectivity index (χ0n) is 8.91. The summed E-state index contributed by atoms with van der Waals surface area (Å²) in [6.07, 6.45) is 1.74. The number of ether oxygens (including phenoxy) is 1. The number of carbonyl (C=O) groups is 1. The molecule has 0 fully saturated rings. The molecular weight excluding hydrogens is 196 g/mol. The molecule has 5 nitrogen and oxygen atoms in total. The molecule has 0 bridgehead atoms. The third-order valence-corrected chi connectivity index (χ3v) is 2.08. The summed E-state index contributed by atoms with van der Waals surface area (Å²) < 4.78 is 4.57. The second kappa shape index (κ2) is 5.53. The van der Waals surface area contributed by atoms with Crippen molar-refractivity contribution in [2.45, 2.75) is 19.5 Å². The average molecular weight is 212 g/mol. The van der Waals surface area contributed by atoms with Crippen LogP contribution < -0.4 is 5.32 Å². The van der Waals surface area contributed by atoms with Crippen LogP contribution in [0.15, 0.2) is 12.3 Å². The van der Waals surface area contributed by atoms with Gasteiger partial charge >= 0.3 is 5.97 Å². The fraction of sp³-hybridized carbons (Fsp3) is 0.500. The minimum atomic E-state index is -0.378. The van der Waals surface area contributed by atoms with E-state index in [1.165, 1.54) is 7.11 Å². The van der Waals surface area contributed by atoms with Gasteiger partial charge < -0.3 is 20.1 Å². The Bertz CT molecular complexity index is 322. The molecule has 1 aromatic heterocycles. The molecule has 0 aliphatic heterocycles. The third-order valence-electron chi connectivity index (χ3n) is 2.08. The molecule has 0 radical (unpaired) electrons. The van der Waals surface area contributed by atoms with E-state index in [4.69, 9.17) is 5.11 Å². The number of aliphatic hydroxyl groups excluding tert-OH is 1. The summed E-state index contributed by atoms with van der Waals surface area (Å²) in [5.74, 6) is -0.378. The van der Waals surface area contributed by atoms with Gasteiger partial charge in [-0.05, 0) is 18.6 Å². The van der Waals surface area contributed by atoms with Crippen LogP contribution in [0.4, 0.5) is 0 Å². The lowest BCUT2D eigenvalue weighted by Crippen LogP contribution is -2.28. The molecule has 1 aromatic rings. The van der Waals surface area contributed by atoms with Crippen molar-refractivity contribution in [3.63, 3.8) is 0 Å². The second-order valence-electron chi connectivity index (χ2n) is 3.38. The highest BCUT2D eigenvalue weighted by atomic mass is 16.5. The number of nitrogens with one attached hydrogen (secondary N) is 2. The predicted octanol–water partition coefficient (Wildman–Crippen LogP) is 0.272. The van der Waals surface area contributed by atoms with Crippen LogP contribution in [0.3, 0.4) is 0 Å². The highest BCUT2D eigenvalue weighted by molar-refractivity contribution is 5.87. The van der Waals surface area contributed by atoms with E-state index in [0.29, 0.717) is 12.2 Å². The summed E-state index contributed by atoms with van der Waals surface area (Å²) in [7, 11) is 1.34. The van der Waals surface area contributed by atoms with Crippen molar-refractivity contribution in [3.8, 4) is 0 Å². The highest BCUT2D eigenvalue weighted by Crippen LogP contribution is 2.04. The van der Waals surface area contributed by atoms with Gasteiger partial charge in [-0.25, -0.2) is 4.79 Å². The number of aromatic amines is 1. The standard InChI is InChI=1S/C10H16N2O3/c1-7(6-13)11-4-8-3-9(12-5-8)10(14)15-2/h3,5,7,11-13H,4,6H2,1-2H3/t7-/m1/s1. The first kappa shape index (κ1) is 11.7. The lowest BCUT2D eigenvalue weighted by molar-refractivity contribution is 0.0595. The van der Waals surface area contributed by atoms with Gasteiger partial charge in [0.25, 0.3) is 0 Å². The molecule has 0 aliphatic rings. The minimum absolute atomic E-state index is 0.0430. The molecule has 0 saturated carbocycles. The van der Waals surface area contributed by atoms with Gasteiger partial charge in [-0.1, -0.05) is 0 Å². The van der Waals surface area contributed by atoms with Crippen LogP contribution in [0.25, 0.3) is 0 Å². The molecule has 0 aromatic carbocycles. The van der Waals surface area contributed by atoms with Crippen molar-refractivity contribution in [2.75, 3.05) is 13.7 Å². The van der Waals surface area contributed by atoms with Crippen LogP contribution in [-0.2, 0) is 11.3 Å². The Hall–Kier alpha value is -1.33. The normalized spacial score (nSPS) is 12.5. The molecule has 5 heteroatoms. The molecule has 0 unspecified atom stereocenters. The Morgan fingerprint density at radius 1 is 1.73 bits per heavy atom. The average Bonchev–Trinajstić information content (AvgIpc) is 2.73. The van der Waals surface area contributed by atoms with E-state index >= 15 is 0 Å². The number of esters is 1. The van der Waals surface area contributed by atoms with Crippen LogP contribution >= 0.6 is 0 Å². The van der Waals surface area contributed by atoms with E-state index in [2.05, 4.69) is 15.0 Å². The summed E-state index contributed by atoms with van der Waals surface area (Å²) in [5.41, 5.74) is 1.39. The number of rotatable bonds is 5. The van der Waals surface area contributed by atoms with E-state index < -0.39 is 0 Å². The molecule has 1 rings (SSSR count). The van der Waals surface area contributed by atoms with E-state index in [0.717, 1.165) is 5.56 Å². The number of aliphatic hydroxyl groups is 1. The summed E-state index contributed by atoms with van der Waals surface area (Å²) in [6, 6.07) is 1.77. The number of H-pyrrole nitrogens is 1. The predicted molar refractivity (Wildman–Crippen MR) is 55.5 cm³/mol. The first-order chi connectivity index (χ1) is 7.17. The fourth-order valence-electron chi connectivity index (χ4n) is 1.13. The first-order valence-electron chi connectivity index (χ1n) is 4.77. The molecule has 0 amide bonds. The molecule has 0 spiro atoms. The van der Waals surface area contributed by atoms with Crippen molar-refractivity contribution in [2.24, 2.45) is 0 Å². The molecule has 1 atom stereocenters. The van der Waals surface area contributed by atoms with Gasteiger partial charge in [0.2, 0.25) is 0 Å². The fourth-order valence-corrected chi connectivity index (χ4v) is 1.13. The lowest BCUT2D eigenvalue weighted by atomic mass is 10.3. The van der Waals surface area contributed by atoms with Crippen molar-refractivity contribution in [1.82, 2.24) is 10.3 Å². The SMILES string of the molecule is COC(=O)c1cc(CN[C@H](C)CO)c[nH]1. The van der Waals surface area contributed by atoms with Gasteiger partial charge in [0.05, 0.1) is 13.7 Å². The number of methoxy groups -OCH3 is 1. The van der Waals surface area contributed by atoms with Gasteiger partial charge in [-0.3, -0.25) is 0 Å². The molecule has 1 heterocycles. The van der Waals surface area contributed by atoms with E-state index in [9.17, 15) is 4.79 Å². The molecule has 84 valence electrons. The Kier molecular flexibility index (Phi) is 4.33. The molecule has 15 heavy (non-hydrogen) atoms. The third kappa shape index (κ3) is 3.38. The quantitative estimate of drug-likeness (QED) is 0.612. The number of hydrogen-bond donors (Lipinski definition) is 3. The number of hydrogen-bond acceptors (Lipinski definition) is 4. The van der Waals surface area contributed by atoms with Crippen molar-refractivity contribution >= 4 is 5.97 Å². The van der Waals surface area contributed by atoms with Crippen molar-refractivity contribution < 1.29 is 14.6 Å². The first-order valence-corrected chi connectivity index (χ1v) is 4.77. The monoisotopic (exact) mass is 212 g/mol. The molecule has 3 N–H and O–H groups in total.